The van der Waals surface area contributed by atoms with Crippen LogP contribution in [-0.4, -0.2) is 15.8 Å². The van der Waals surface area contributed by atoms with Crippen LogP contribution in [0.15, 0.2) is 42.7 Å². The van der Waals surface area contributed by atoms with Crippen molar-refractivity contribution in [1.82, 2.24) is 9.97 Å². The zero-order valence-electron chi connectivity index (χ0n) is 9.85. The van der Waals surface area contributed by atoms with Gasteiger partial charge in [-0.3, -0.25) is 4.79 Å². The molecule has 2 heterocycles. The van der Waals surface area contributed by atoms with Crippen LogP contribution in [-0.2, 0) is 0 Å². The van der Waals surface area contributed by atoms with Gasteiger partial charge in [0.15, 0.2) is 5.78 Å². The maximum absolute atomic E-state index is 12.5. The molecule has 0 fully saturated rings. The molecule has 5 heteroatoms. The van der Waals surface area contributed by atoms with Crippen molar-refractivity contribution in [3.8, 4) is 0 Å². The van der Waals surface area contributed by atoms with E-state index in [9.17, 15) is 4.79 Å². The number of H-pyrrole nitrogens is 1. The Bertz CT molecular complexity index is 779. The van der Waals surface area contributed by atoms with Crippen LogP contribution in [0.5, 0.6) is 0 Å². The lowest BCUT2D eigenvalue weighted by atomic mass is 10.0. The molecule has 0 amide bonds. The standard InChI is InChI=1S/C14H10ClN3O/c15-11-4-5-17-14-12(11)10(7-18-14)13(19)8-2-1-3-9(16)6-8/h1-7H,16H2,(H,17,18). The van der Waals surface area contributed by atoms with Gasteiger partial charge in [0, 0.05) is 29.0 Å². The fraction of sp³-hybridized carbons (Fsp3) is 0. The zero-order valence-corrected chi connectivity index (χ0v) is 10.6. The third-order valence-electron chi connectivity index (χ3n) is 2.92. The van der Waals surface area contributed by atoms with Crippen LogP contribution < -0.4 is 5.73 Å². The molecule has 0 unspecified atom stereocenters. The van der Waals surface area contributed by atoms with Gasteiger partial charge in [0.25, 0.3) is 0 Å². The van der Waals surface area contributed by atoms with E-state index in [1.165, 1.54) is 0 Å². The topological polar surface area (TPSA) is 71.8 Å². The molecular formula is C14H10ClN3O. The van der Waals surface area contributed by atoms with E-state index >= 15 is 0 Å². The average molecular weight is 272 g/mol. The number of anilines is 1. The summed E-state index contributed by atoms with van der Waals surface area (Å²) in [5.74, 6) is -0.131. The summed E-state index contributed by atoms with van der Waals surface area (Å²) in [6, 6.07) is 8.51. The summed E-state index contributed by atoms with van der Waals surface area (Å²) in [6.07, 6.45) is 3.21. The van der Waals surface area contributed by atoms with Gasteiger partial charge in [0.1, 0.15) is 5.65 Å². The number of carbonyl (C=O) groups is 1. The minimum absolute atomic E-state index is 0.131. The van der Waals surface area contributed by atoms with Crippen molar-refractivity contribution in [2.75, 3.05) is 5.73 Å². The zero-order chi connectivity index (χ0) is 13.4. The van der Waals surface area contributed by atoms with Crippen molar-refractivity contribution in [3.05, 3.63) is 58.9 Å². The van der Waals surface area contributed by atoms with Gasteiger partial charge in [0.2, 0.25) is 0 Å². The molecule has 2 aromatic heterocycles. The van der Waals surface area contributed by atoms with E-state index in [4.69, 9.17) is 17.3 Å². The quantitative estimate of drug-likeness (QED) is 0.556. The van der Waals surface area contributed by atoms with E-state index < -0.39 is 0 Å². The smallest absolute Gasteiger partial charge is 0.195 e. The highest BCUT2D eigenvalue weighted by molar-refractivity contribution is 6.37. The summed E-state index contributed by atoms with van der Waals surface area (Å²) < 4.78 is 0. The molecule has 4 nitrogen and oxygen atoms in total. The molecule has 0 aliphatic carbocycles. The SMILES string of the molecule is Nc1cccc(C(=O)c2c[nH]c3nccc(Cl)c23)c1. The molecule has 1 aromatic carbocycles. The molecule has 0 atom stereocenters. The van der Waals surface area contributed by atoms with Gasteiger partial charge >= 0.3 is 0 Å². The summed E-state index contributed by atoms with van der Waals surface area (Å²) in [5.41, 5.74) is 7.87. The van der Waals surface area contributed by atoms with Crippen LogP contribution in [0.2, 0.25) is 5.02 Å². The number of pyridine rings is 1. The van der Waals surface area contributed by atoms with Gasteiger partial charge in [0.05, 0.1) is 10.6 Å². The maximum Gasteiger partial charge on any atom is 0.195 e. The predicted octanol–water partition coefficient (Wildman–Crippen LogP) is 3.03. The fourth-order valence-electron chi connectivity index (χ4n) is 2.03. The third kappa shape index (κ3) is 1.96. The van der Waals surface area contributed by atoms with Crippen LogP contribution >= 0.6 is 11.6 Å². The molecule has 0 aliphatic heterocycles. The molecule has 3 N–H and O–H groups in total. The minimum Gasteiger partial charge on any atom is -0.399 e. The molecule has 0 aliphatic rings. The number of aromatic amines is 1. The Labute approximate surface area is 114 Å². The van der Waals surface area contributed by atoms with Crippen molar-refractivity contribution in [2.24, 2.45) is 0 Å². The Balaban J connectivity index is 2.17. The van der Waals surface area contributed by atoms with Gasteiger partial charge in [-0.1, -0.05) is 23.7 Å². The molecular weight excluding hydrogens is 262 g/mol. The average Bonchev–Trinajstić information content (AvgIpc) is 2.83. The second-order valence-electron chi connectivity index (χ2n) is 4.17. The molecule has 0 saturated carbocycles. The van der Waals surface area contributed by atoms with E-state index in [1.807, 2.05) is 0 Å². The Kier molecular flexibility index (Phi) is 2.72. The van der Waals surface area contributed by atoms with E-state index in [-0.39, 0.29) is 5.78 Å². The number of hydrogen-bond donors (Lipinski definition) is 2. The first-order chi connectivity index (χ1) is 9.16. The second-order valence-corrected chi connectivity index (χ2v) is 4.58. The molecule has 0 spiro atoms. The van der Waals surface area contributed by atoms with E-state index in [1.54, 1.807) is 42.7 Å². The second kappa shape index (κ2) is 4.40. The summed E-state index contributed by atoms with van der Waals surface area (Å²) >= 11 is 6.13. The number of nitrogens with one attached hydrogen (secondary N) is 1. The number of nitrogens with zero attached hydrogens (tertiary/aromatic N) is 1. The van der Waals surface area contributed by atoms with Crippen LogP contribution in [0.3, 0.4) is 0 Å². The highest BCUT2D eigenvalue weighted by atomic mass is 35.5. The molecule has 0 bridgehead atoms. The van der Waals surface area contributed by atoms with Gasteiger partial charge in [-0.05, 0) is 18.2 Å². The number of carbonyl (C=O) groups excluding carboxylic acids is 1. The number of benzene rings is 1. The Morgan fingerprint density at radius 3 is 2.95 bits per heavy atom. The normalized spacial score (nSPS) is 10.8. The van der Waals surface area contributed by atoms with Crippen molar-refractivity contribution in [1.29, 1.82) is 0 Å². The molecule has 94 valence electrons. The van der Waals surface area contributed by atoms with E-state index in [0.29, 0.717) is 32.9 Å². The van der Waals surface area contributed by atoms with Gasteiger partial charge in [-0.2, -0.15) is 0 Å². The summed E-state index contributed by atoms with van der Waals surface area (Å²) in [7, 11) is 0. The number of aromatic nitrogens is 2. The van der Waals surface area contributed by atoms with Crippen LogP contribution in [0.25, 0.3) is 11.0 Å². The number of halogens is 1. The number of ketones is 1. The number of nitrogens with two attached hydrogens (primary N) is 1. The highest BCUT2D eigenvalue weighted by Crippen LogP contribution is 2.27. The molecule has 3 aromatic rings. The molecule has 3 rings (SSSR count). The number of rotatable bonds is 2. The largest absolute Gasteiger partial charge is 0.399 e. The van der Waals surface area contributed by atoms with Gasteiger partial charge < -0.3 is 10.7 Å². The Morgan fingerprint density at radius 1 is 1.32 bits per heavy atom. The first-order valence-electron chi connectivity index (χ1n) is 5.68. The first-order valence-corrected chi connectivity index (χ1v) is 6.06. The first kappa shape index (κ1) is 11.7. The molecule has 0 saturated heterocycles. The van der Waals surface area contributed by atoms with Crippen LogP contribution in [0, 0.1) is 0 Å². The summed E-state index contributed by atoms with van der Waals surface area (Å²) in [4.78, 5) is 19.5. The number of nitrogen functional groups attached to an aromatic ring is 1. The number of fused-ring (bicyclic) bond motifs is 1. The molecule has 19 heavy (non-hydrogen) atoms. The maximum atomic E-state index is 12.5. The van der Waals surface area contributed by atoms with Crippen molar-refractivity contribution in [3.63, 3.8) is 0 Å². The van der Waals surface area contributed by atoms with Crippen LogP contribution in [0.1, 0.15) is 15.9 Å². The fourth-order valence-corrected chi connectivity index (χ4v) is 2.28. The lowest BCUT2D eigenvalue weighted by Crippen LogP contribution is -2.01. The molecule has 0 radical (unpaired) electrons. The van der Waals surface area contributed by atoms with Gasteiger partial charge in [-0.15, -0.1) is 0 Å². The van der Waals surface area contributed by atoms with Crippen molar-refractivity contribution < 1.29 is 4.79 Å². The minimum atomic E-state index is -0.131. The number of hydrogen-bond acceptors (Lipinski definition) is 3. The van der Waals surface area contributed by atoms with Crippen molar-refractivity contribution >= 4 is 34.1 Å². The Hall–Kier alpha value is -2.33. The van der Waals surface area contributed by atoms with E-state index in [2.05, 4.69) is 9.97 Å². The lowest BCUT2D eigenvalue weighted by Gasteiger charge is -2.01. The third-order valence-corrected chi connectivity index (χ3v) is 3.23. The summed E-state index contributed by atoms with van der Waals surface area (Å²) in [6.45, 7) is 0. The van der Waals surface area contributed by atoms with Crippen LogP contribution in [0.4, 0.5) is 5.69 Å². The van der Waals surface area contributed by atoms with Gasteiger partial charge in [-0.25, -0.2) is 4.98 Å². The predicted molar refractivity (Wildman–Crippen MR) is 75.4 cm³/mol. The van der Waals surface area contributed by atoms with E-state index in [0.717, 1.165) is 0 Å². The van der Waals surface area contributed by atoms with Crippen molar-refractivity contribution in [2.45, 2.75) is 0 Å². The summed E-state index contributed by atoms with van der Waals surface area (Å²) in [5, 5.41) is 1.13. The monoisotopic (exact) mass is 271 g/mol. The Morgan fingerprint density at radius 2 is 2.16 bits per heavy atom. The lowest BCUT2D eigenvalue weighted by molar-refractivity contribution is 0.104. The highest BCUT2D eigenvalue weighted by Gasteiger charge is 2.16.